The number of anilines is 3. The van der Waals surface area contributed by atoms with Gasteiger partial charge in [0, 0.05) is 35.3 Å². The summed E-state index contributed by atoms with van der Waals surface area (Å²) in [6, 6.07) is 14.5. The number of carbonyl (C=O) groups excluding carboxylic acids is 2. The first-order chi connectivity index (χ1) is 15.2. The van der Waals surface area contributed by atoms with Gasteiger partial charge < -0.3 is 10.2 Å². The second-order valence-corrected chi connectivity index (χ2v) is 10.3. The highest BCUT2D eigenvalue weighted by Gasteiger charge is 2.35. The number of hydrogen-bond acceptors (Lipinski definition) is 6. The van der Waals surface area contributed by atoms with Gasteiger partial charge in [-0.2, -0.15) is 0 Å². The topological polar surface area (TPSA) is 108 Å². The smallest absolute Gasteiger partial charge is 0.231 e. The van der Waals surface area contributed by atoms with Gasteiger partial charge in [0.15, 0.2) is 5.13 Å². The Labute approximate surface area is 190 Å². The van der Waals surface area contributed by atoms with E-state index in [2.05, 4.69) is 15.0 Å². The van der Waals surface area contributed by atoms with Crippen LogP contribution in [0.4, 0.5) is 16.5 Å². The fourth-order valence-corrected chi connectivity index (χ4v) is 4.74. The van der Waals surface area contributed by atoms with Crippen molar-refractivity contribution in [3.05, 3.63) is 59.5 Å². The van der Waals surface area contributed by atoms with Gasteiger partial charge in [-0.3, -0.25) is 14.3 Å². The van der Waals surface area contributed by atoms with Gasteiger partial charge in [0.2, 0.25) is 21.8 Å². The molecule has 4 rings (SSSR count). The maximum absolute atomic E-state index is 12.7. The van der Waals surface area contributed by atoms with Crippen molar-refractivity contribution in [1.82, 2.24) is 4.98 Å². The van der Waals surface area contributed by atoms with Crippen LogP contribution >= 0.6 is 11.3 Å². The number of sulfonamides is 1. The van der Waals surface area contributed by atoms with Gasteiger partial charge in [0.1, 0.15) is 0 Å². The maximum Gasteiger partial charge on any atom is 0.231 e. The number of thiazole rings is 1. The molecule has 10 heteroatoms. The molecule has 0 saturated carbocycles. The van der Waals surface area contributed by atoms with Crippen molar-refractivity contribution >= 4 is 49.7 Å². The van der Waals surface area contributed by atoms with Crippen molar-refractivity contribution in [1.29, 1.82) is 0 Å². The number of carbonyl (C=O) groups is 2. The quantitative estimate of drug-likeness (QED) is 0.573. The molecule has 32 heavy (non-hydrogen) atoms. The molecule has 1 aliphatic rings. The number of hydrogen-bond donors (Lipinski definition) is 2. The molecule has 1 unspecified atom stereocenters. The van der Waals surface area contributed by atoms with Gasteiger partial charge in [-0.15, -0.1) is 11.3 Å². The molecule has 2 heterocycles. The molecule has 1 atom stereocenters. The summed E-state index contributed by atoms with van der Waals surface area (Å²) >= 11 is 1.29. The van der Waals surface area contributed by atoms with Gasteiger partial charge in [-0.25, -0.2) is 13.4 Å². The lowest BCUT2D eigenvalue weighted by molar-refractivity contribution is -0.122. The van der Waals surface area contributed by atoms with E-state index in [1.807, 2.05) is 36.6 Å². The fourth-order valence-electron chi connectivity index (χ4n) is 3.45. The molecule has 0 bridgehead atoms. The molecule has 1 aliphatic heterocycles. The highest BCUT2D eigenvalue weighted by atomic mass is 32.2. The third-order valence-corrected chi connectivity index (χ3v) is 6.42. The largest absolute Gasteiger partial charge is 0.312 e. The number of aryl methyl sites for hydroxylation is 1. The van der Waals surface area contributed by atoms with E-state index < -0.39 is 15.9 Å². The van der Waals surface area contributed by atoms with Crippen LogP contribution in [0.3, 0.4) is 0 Å². The first-order valence-electron chi connectivity index (χ1n) is 9.89. The van der Waals surface area contributed by atoms with E-state index in [0.29, 0.717) is 23.1 Å². The Kier molecular flexibility index (Phi) is 5.98. The van der Waals surface area contributed by atoms with E-state index in [4.69, 9.17) is 0 Å². The van der Waals surface area contributed by atoms with Crippen LogP contribution in [0.15, 0.2) is 53.9 Å². The Morgan fingerprint density at radius 3 is 2.47 bits per heavy atom. The van der Waals surface area contributed by atoms with E-state index in [0.717, 1.165) is 23.1 Å². The molecule has 2 N–H and O–H groups in total. The number of rotatable bonds is 6. The summed E-state index contributed by atoms with van der Waals surface area (Å²) in [6.07, 6.45) is 1.25. The van der Waals surface area contributed by atoms with E-state index in [9.17, 15) is 18.0 Å². The van der Waals surface area contributed by atoms with Crippen molar-refractivity contribution in [3.63, 3.8) is 0 Å². The average Bonchev–Trinajstić information content (AvgIpc) is 3.35. The summed E-state index contributed by atoms with van der Waals surface area (Å²) < 4.78 is 25.0. The van der Waals surface area contributed by atoms with E-state index in [-0.39, 0.29) is 18.2 Å². The lowest BCUT2D eigenvalue weighted by atomic mass is 10.1. The Morgan fingerprint density at radius 1 is 1.12 bits per heavy atom. The first-order valence-corrected chi connectivity index (χ1v) is 12.7. The Balaban J connectivity index is 1.39. The number of amides is 2. The van der Waals surface area contributed by atoms with Crippen LogP contribution in [0, 0.1) is 12.8 Å². The number of nitrogens with zero attached hydrogens (tertiary/aromatic N) is 2. The normalized spacial score (nSPS) is 16.2. The van der Waals surface area contributed by atoms with E-state index in [1.165, 1.54) is 11.3 Å². The Morgan fingerprint density at radius 2 is 1.81 bits per heavy atom. The predicted octanol–water partition coefficient (Wildman–Crippen LogP) is 3.48. The number of nitrogens with one attached hydrogen (secondary N) is 2. The number of benzene rings is 2. The first kappa shape index (κ1) is 22.0. The molecular weight excluding hydrogens is 448 g/mol. The molecule has 1 fully saturated rings. The van der Waals surface area contributed by atoms with Crippen LogP contribution in [0.5, 0.6) is 0 Å². The van der Waals surface area contributed by atoms with Gasteiger partial charge in [0.25, 0.3) is 0 Å². The van der Waals surface area contributed by atoms with Gasteiger partial charge >= 0.3 is 0 Å². The monoisotopic (exact) mass is 470 g/mol. The Bertz CT molecular complexity index is 1250. The molecular formula is C22H22N4O4S2. The minimum Gasteiger partial charge on any atom is -0.312 e. The summed E-state index contributed by atoms with van der Waals surface area (Å²) in [6.45, 7) is 2.32. The zero-order valence-corrected chi connectivity index (χ0v) is 19.2. The summed E-state index contributed by atoms with van der Waals surface area (Å²) in [5.41, 5.74) is 3.82. The van der Waals surface area contributed by atoms with Crippen molar-refractivity contribution < 1.29 is 18.0 Å². The molecule has 0 aliphatic carbocycles. The molecule has 2 aromatic carbocycles. The molecule has 2 amide bonds. The van der Waals surface area contributed by atoms with Crippen molar-refractivity contribution in [3.8, 4) is 11.3 Å². The second-order valence-electron chi connectivity index (χ2n) is 7.72. The zero-order valence-electron chi connectivity index (χ0n) is 17.5. The number of aromatic nitrogens is 1. The summed E-state index contributed by atoms with van der Waals surface area (Å²) in [4.78, 5) is 31.2. The molecule has 166 valence electrons. The highest BCUT2D eigenvalue weighted by molar-refractivity contribution is 7.92. The third kappa shape index (κ3) is 5.14. The predicted molar refractivity (Wildman–Crippen MR) is 126 cm³/mol. The standard InChI is InChI=1S/C22H22N4O4S2/c1-14-3-9-18(10-4-14)26-12-16(11-20(26)27)21(28)24-22-23-19(13-31-22)15-5-7-17(8-6-15)25-32(2,29)30/h3-10,13,16,25H,11-12H2,1-2H3,(H,23,24,28). The van der Waals surface area contributed by atoms with Crippen LogP contribution in [0.1, 0.15) is 12.0 Å². The lowest BCUT2D eigenvalue weighted by Crippen LogP contribution is -2.28. The lowest BCUT2D eigenvalue weighted by Gasteiger charge is -2.16. The van der Waals surface area contributed by atoms with Gasteiger partial charge in [0.05, 0.1) is 17.9 Å². The molecule has 0 spiro atoms. The third-order valence-electron chi connectivity index (χ3n) is 5.06. The van der Waals surface area contributed by atoms with Crippen LogP contribution < -0.4 is 14.9 Å². The summed E-state index contributed by atoms with van der Waals surface area (Å²) in [7, 11) is -3.34. The maximum atomic E-state index is 12.7. The van der Waals surface area contributed by atoms with Crippen LogP contribution in [0.25, 0.3) is 11.3 Å². The molecule has 1 aromatic heterocycles. The highest BCUT2D eigenvalue weighted by Crippen LogP contribution is 2.29. The van der Waals surface area contributed by atoms with Crippen molar-refractivity contribution in [2.24, 2.45) is 5.92 Å². The van der Waals surface area contributed by atoms with Crippen LogP contribution in [0.2, 0.25) is 0 Å². The molecule has 3 aromatic rings. The molecule has 1 saturated heterocycles. The zero-order chi connectivity index (χ0) is 22.9. The Hall–Kier alpha value is -3.24. The van der Waals surface area contributed by atoms with E-state index >= 15 is 0 Å². The minimum atomic E-state index is -3.34. The second kappa shape index (κ2) is 8.71. The van der Waals surface area contributed by atoms with Gasteiger partial charge in [-0.05, 0) is 31.2 Å². The summed E-state index contributed by atoms with van der Waals surface area (Å²) in [5, 5.41) is 5.08. The summed E-state index contributed by atoms with van der Waals surface area (Å²) in [5.74, 6) is -0.754. The minimum absolute atomic E-state index is 0.0726. The molecule has 8 nitrogen and oxygen atoms in total. The van der Waals surface area contributed by atoms with Crippen LogP contribution in [-0.2, 0) is 19.6 Å². The van der Waals surface area contributed by atoms with Gasteiger partial charge in [-0.1, -0.05) is 29.8 Å². The molecule has 0 radical (unpaired) electrons. The average molecular weight is 471 g/mol. The van der Waals surface area contributed by atoms with Crippen molar-refractivity contribution in [2.45, 2.75) is 13.3 Å². The fraction of sp³-hybridized carbons (Fsp3) is 0.227. The van der Waals surface area contributed by atoms with Crippen LogP contribution in [-0.4, -0.2) is 38.0 Å². The SMILES string of the molecule is Cc1ccc(N2CC(C(=O)Nc3nc(-c4ccc(NS(C)(=O)=O)cc4)cs3)CC2=O)cc1. The van der Waals surface area contributed by atoms with E-state index in [1.54, 1.807) is 29.2 Å². The van der Waals surface area contributed by atoms with Crippen molar-refractivity contribution in [2.75, 3.05) is 27.7 Å².